The molecule has 1 aliphatic carbocycles. The smallest absolute Gasteiger partial charge is 0.319 e. The molecule has 5 aliphatic rings. The monoisotopic (exact) mass is 699 g/mol. The number of terminal acetylenes is 1. The molecule has 4 saturated heterocycles. The molecule has 8 nitrogen and oxygen atoms in total. The van der Waals surface area contributed by atoms with Crippen molar-refractivity contribution >= 4 is 39.1 Å². The van der Waals surface area contributed by atoms with E-state index in [1.807, 2.05) is 0 Å². The first-order chi connectivity index (χ1) is 24.2. The standard InChI is InChI=1S/C39H40ClF2N5O3/c1-2-27-31(41)6-3-23-15-26(48)16-28(32(23)27)33-30(40)17-29-35(34(33)42)44-37(45-36(29)47-18-24-4-5-25(19-47)43-24)50-22-39(7-8-39)21-46-12-9-38(20-46)10-13-49-14-11-38/h1,3,6,15-17,24-25,43,48H,4-5,7-14,18-22H2. The molecule has 0 amide bonds. The molecule has 0 radical (unpaired) electrons. The van der Waals surface area contributed by atoms with E-state index in [1.54, 1.807) is 6.07 Å². The van der Waals surface area contributed by atoms with E-state index in [0.717, 1.165) is 84.5 Å². The van der Waals surface area contributed by atoms with Crippen molar-refractivity contribution in [2.24, 2.45) is 10.8 Å². The Labute approximate surface area is 295 Å². The molecular formula is C39H40ClF2N5O3. The van der Waals surface area contributed by atoms with Gasteiger partial charge in [-0.3, -0.25) is 0 Å². The number of aromatic hydroxyl groups is 1. The summed E-state index contributed by atoms with van der Waals surface area (Å²) in [5.74, 6) is 1.53. The molecule has 11 heteroatoms. The Hall–Kier alpha value is -3.75. The lowest BCUT2D eigenvalue weighted by Crippen LogP contribution is -2.51. The van der Waals surface area contributed by atoms with Gasteiger partial charge in [0.15, 0.2) is 5.82 Å². The molecule has 50 heavy (non-hydrogen) atoms. The number of hydrogen-bond donors (Lipinski definition) is 2. The molecule has 1 saturated carbocycles. The van der Waals surface area contributed by atoms with Gasteiger partial charge in [0.25, 0.3) is 0 Å². The number of halogens is 3. The number of nitrogens with one attached hydrogen (secondary N) is 1. The second-order valence-corrected chi connectivity index (χ2v) is 15.7. The quantitative estimate of drug-likeness (QED) is 0.207. The molecule has 4 aliphatic heterocycles. The highest BCUT2D eigenvalue weighted by molar-refractivity contribution is 6.35. The molecule has 4 aromatic rings. The number of phenols is 1. The van der Waals surface area contributed by atoms with Crippen molar-refractivity contribution in [3.63, 3.8) is 0 Å². The topological polar surface area (TPSA) is 83.0 Å². The van der Waals surface area contributed by atoms with Crippen molar-refractivity contribution in [1.82, 2.24) is 20.2 Å². The van der Waals surface area contributed by atoms with Gasteiger partial charge in [-0.2, -0.15) is 9.97 Å². The summed E-state index contributed by atoms with van der Waals surface area (Å²) in [4.78, 5) is 14.4. The predicted molar refractivity (Wildman–Crippen MR) is 190 cm³/mol. The van der Waals surface area contributed by atoms with Gasteiger partial charge in [0.2, 0.25) is 0 Å². The normalized spacial score (nSPS) is 23.9. The lowest BCUT2D eigenvalue weighted by Gasteiger charge is -2.34. The fourth-order valence-corrected chi connectivity index (χ4v) is 9.33. The van der Waals surface area contributed by atoms with E-state index >= 15 is 4.39 Å². The van der Waals surface area contributed by atoms with Crippen LogP contribution in [0.3, 0.4) is 0 Å². The van der Waals surface area contributed by atoms with Crippen molar-refractivity contribution in [3.8, 4) is 35.2 Å². The first-order valence-corrected chi connectivity index (χ1v) is 18.2. The molecule has 1 aromatic heterocycles. The number of ether oxygens (including phenoxy) is 2. The van der Waals surface area contributed by atoms with Gasteiger partial charge in [0.05, 0.1) is 17.2 Å². The molecular weight excluding hydrogens is 660 g/mol. The Morgan fingerprint density at radius 2 is 1.84 bits per heavy atom. The Morgan fingerprint density at radius 3 is 2.58 bits per heavy atom. The van der Waals surface area contributed by atoms with Gasteiger partial charge in [0.1, 0.15) is 22.9 Å². The second kappa shape index (κ2) is 12.2. The molecule has 2 atom stereocenters. The minimum absolute atomic E-state index is 0.0171. The van der Waals surface area contributed by atoms with Crippen LogP contribution in [0.15, 0.2) is 30.3 Å². The first kappa shape index (κ1) is 32.2. The number of aromatic nitrogens is 2. The fourth-order valence-electron chi connectivity index (χ4n) is 9.04. The Kier molecular flexibility index (Phi) is 7.85. The second-order valence-electron chi connectivity index (χ2n) is 15.3. The van der Waals surface area contributed by atoms with Gasteiger partial charge in [0, 0.05) is 73.2 Å². The van der Waals surface area contributed by atoms with Gasteiger partial charge < -0.3 is 29.7 Å². The van der Waals surface area contributed by atoms with Crippen LogP contribution < -0.4 is 15.0 Å². The number of phenolic OH excluding ortho intramolecular Hbond substituents is 1. The summed E-state index contributed by atoms with van der Waals surface area (Å²) in [6.07, 6.45) is 13.5. The zero-order chi connectivity index (χ0) is 34.2. The van der Waals surface area contributed by atoms with Gasteiger partial charge in [-0.25, -0.2) is 8.78 Å². The Morgan fingerprint density at radius 1 is 1.06 bits per heavy atom. The van der Waals surface area contributed by atoms with Crippen LogP contribution >= 0.6 is 11.6 Å². The highest BCUT2D eigenvalue weighted by Crippen LogP contribution is 2.50. The van der Waals surface area contributed by atoms with Crippen LogP contribution in [-0.2, 0) is 4.74 Å². The van der Waals surface area contributed by atoms with Crippen LogP contribution in [-0.4, -0.2) is 84.6 Å². The zero-order valence-electron chi connectivity index (χ0n) is 27.9. The highest BCUT2D eigenvalue weighted by atomic mass is 35.5. The highest BCUT2D eigenvalue weighted by Gasteiger charge is 2.48. The lowest BCUT2D eigenvalue weighted by atomic mass is 9.80. The van der Waals surface area contributed by atoms with E-state index in [9.17, 15) is 9.50 Å². The molecule has 5 heterocycles. The van der Waals surface area contributed by atoms with Gasteiger partial charge >= 0.3 is 6.01 Å². The number of rotatable bonds is 7. The number of piperazine rings is 1. The third-order valence-corrected chi connectivity index (χ3v) is 12.2. The van der Waals surface area contributed by atoms with E-state index in [4.69, 9.17) is 37.5 Å². The third kappa shape index (κ3) is 5.63. The van der Waals surface area contributed by atoms with Crippen LogP contribution in [0.5, 0.6) is 11.8 Å². The molecule has 9 rings (SSSR count). The van der Waals surface area contributed by atoms with E-state index in [2.05, 4.69) is 21.0 Å². The van der Waals surface area contributed by atoms with Crippen LogP contribution in [0.1, 0.15) is 50.5 Å². The van der Waals surface area contributed by atoms with Gasteiger partial charge in [-0.15, -0.1) is 6.42 Å². The number of benzene rings is 3. The van der Waals surface area contributed by atoms with Gasteiger partial charge in [-0.05, 0) is 92.1 Å². The van der Waals surface area contributed by atoms with Crippen LogP contribution in [0.2, 0.25) is 5.02 Å². The average Bonchev–Trinajstić information content (AvgIpc) is 3.65. The molecule has 2 bridgehead atoms. The number of fused-ring (bicyclic) bond motifs is 4. The van der Waals surface area contributed by atoms with Crippen LogP contribution in [0.4, 0.5) is 14.6 Å². The maximum Gasteiger partial charge on any atom is 0.319 e. The fraction of sp³-hybridized carbons (Fsp3) is 0.487. The Balaban J connectivity index is 1.10. The van der Waals surface area contributed by atoms with Crippen molar-refractivity contribution in [2.45, 2.75) is 57.0 Å². The minimum Gasteiger partial charge on any atom is -0.508 e. The molecule has 260 valence electrons. The maximum atomic E-state index is 17.1. The van der Waals surface area contributed by atoms with Gasteiger partial charge in [-0.1, -0.05) is 23.6 Å². The average molecular weight is 700 g/mol. The summed E-state index contributed by atoms with van der Waals surface area (Å²) in [5.41, 5.74) is 0.572. The summed E-state index contributed by atoms with van der Waals surface area (Å²) in [6, 6.07) is 8.00. The van der Waals surface area contributed by atoms with E-state index < -0.39 is 11.6 Å². The molecule has 1 spiro atoms. The predicted octanol–water partition coefficient (Wildman–Crippen LogP) is 6.67. The SMILES string of the molecule is C#Cc1c(F)ccc2cc(O)cc(-c3c(Cl)cc4c(N5CC6CCC(C5)N6)nc(OCC5(CN6CCC7(CCOCC7)C6)CC5)nc4c3F)c12. The van der Waals surface area contributed by atoms with E-state index in [0.29, 0.717) is 40.7 Å². The van der Waals surface area contributed by atoms with Crippen LogP contribution in [0.25, 0.3) is 32.8 Å². The summed E-state index contributed by atoms with van der Waals surface area (Å²) in [7, 11) is 0. The summed E-state index contributed by atoms with van der Waals surface area (Å²) in [6.45, 7) is 6.74. The molecule has 2 N–H and O–H groups in total. The third-order valence-electron chi connectivity index (χ3n) is 11.9. The number of anilines is 1. The molecule has 5 fully saturated rings. The van der Waals surface area contributed by atoms with Crippen molar-refractivity contribution < 1.29 is 23.4 Å². The molecule has 2 unspecified atom stereocenters. The van der Waals surface area contributed by atoms with Crippen LogP contribution in [0, 0.1) is 34.8 Å². The maximum absolute atomic E-state index is 17.1. The first-order valence-electron chi connectivity index (χ1n) is 17.8. The van der Waals surface area contributed by atoms with Crippen molar-refractivity contribution in [1.29, 1.82) is 0 Å². The Bertz CT molecular complexity index is 2050. The number of likely N-dealkylation sites (tertiary alicyclic amines) is 1. The largest absolute Gasteiger partial charge is 0.508 e. The minimum atomic E-state index is -0.710. The molecule has 3 aromatic carbocycles. The lowest BCUT2D eigenvalue weighted by molar-refractivity contribution is 0.0179. The summed E-state index contributed by atoms with van der Waals surface area (Å²) < 4.78 is 44.2. The van der Waals surface area contributed by atoms with E-state index in [-0.39, 0.29) is 49.8 Å². The number of hydrogen-bond acceptors (Lipinski definition) is 8. The van der Waals surface area contributed by atoms with E-state index in [1.165, 1.54) is 30.7 Å². The van der Waals surface area contributed by atoms with Crippen molar-refractivity contribution in [3.05, 3.63) is 52.6 Å². The number of nitrogens with zero attached hydrogens (tertiary/aromatic N) is 4. The summed E-state index contributed by atoms with van der Waals surface area (Å²) in [5, 5.41) is 15.6. The summed E-state index contributed by atoms with van der Waals surface area (Å²) >= 11 is 6.92. The zero-order valence-corrected chi connectivity index (χ0v) is 28.7. The van der Waals surface area contributed by atoms with Crippen molar-refractivity contribution in [2.75, 3.05) is 57.4 Å².